The van der Waals surface area contributed by atoms with Crippen molar-refractivity contribution in [1.29, 1.82) is 0 Å². The van der Waals surface area contributed by atoms with Gasteiger partial charge in [-0.2, -0.15) is 0 Å². The molecule has 0 bridgehead atoms. The molecule has 2 atom stereocenters. The fourth-order valence-electron chi connectivity index (χ4n) is 7.92. The smallest absolute Gasteiger partial charge is 0.420 e. The molecule has 0 saturated carbocycles. The van der Waals surface area contributed by atoms with E-state index in [2.05, 4.69) is 14.7 Å². The molecule has 2 aliphatic rings. The fraction of sp³-hybridized carbons (Fsp3) is 0.370. The van der Waals surface area contributed by atoms with Crippen molar-refractivity contribution in [3.8, 4) is 22.8 Å². The van der Waals surface area contributed by atoms with E-state index in [-0.39, 0.29) is 32.3 Å². The van der Waals surface area contributed by atoms with Crippen LogP contribution in [0.5, 0.6) is 0 Å². The van der Waals surface area contributed by atoms with Gasteiger partial charge in [0.05, 0.1) is 36.8 Å². The second kappa shape index (κ2) is 20.2. The van der Waals surface area contributed by atoms with Gasteiger partial charge in [-0.1, -0.05) is 60.7 Å². The van der Waals surface area contributed by atoms with Crippen LogP contribution in [0.15, 0.2) is 72.8 Å². The van der Waals surface area contributed by atoms with Crippen molar-refractivity contribution < 1.29 is 42.9 Å². The second-order valence-corrected chi connectivity index (χ2v) is 16.8. The molecule has 20 nitrogen and oxygen atoms in total. The number of primary amides is 3. The molecule has 0 radical (unpaired) electrons. The third-order valence-corrected chi connectivity index (χ3v) is 10.8. The van der Waals surface area contributed by atoms with Gasteiger partial charge in [0.15, 0.2) is 17.3 Å². The van der Waals surface area contributed by atoms with E-state index in [1.807, 2.05) is 76.5 Å². The number of fused-ring (bicyclic) bond motifs is 2. The third-order valence-electron chi connectivity index (χ3n) is 10.8. The highest BCUT2D eigenvalue weighted by Crippen LogP contribution is 2.36. The van der Waals surface area contributed by atoms with E-state index in [9.17, 15) is 24.0 Å². The maximum absolute atomic E-state index is 13.4. The molecule has 2 saturated heterocycles. The number of methoxy groups -OCH3 is 1. The standard InChI is InChI=1S/C26H31N5O6.C20H22N6O3/c1-26(2,3)37-25(34)31-17(14-36-15-20(32)35-4)13-18-23(30-12-8-11-19(30)21(27)33)28-22(29-24(18)31)16-9-6-5-7-10-16;21-16(27)11-29-10-13-9-14-19(23-13)24-18(12-5-2-1-3-6-12)25-20(14)26-8-4-7-15(26)17(22)28/h5-7,9-10,13,19H,8,11-12,14-15H2,1-4H3,(H2,27,33);1-3,5-6,9,15H,4,7-8,10-11H2,(H2,21,27)(H2,22,28)(H,23,24,25)/t19-;15-/m00/s1. The number of nitrogens with one attached hydrogen (secondary N) is 1. The summed E-state index contributed by atoms with van der Waals surface area (Å²) in [7, 11) is 1.27. The van der Waals surface area contributed by atoms with E-state index in [4.69, 9.17) is 46.4 Å². The number of H-pyrrole nitrogens is 1. The molecule has 6 aromatic rings. The lowest BCUT2D eigenvalue weighted by Crippen LogP contribution is -2.40. The lowest BCUT2D eigenvalue weighted by atomic mass is 10.2. The zero-order valence-corrected chi connectivity index (χ0v) is 37.2. The average Bonchev–Trinajstić information content (AvgIpc) is 4.11. The van der Waals surface area contributed by atoms with E-state index >= 15 is 0 Å². The molecule has 0 spiro atoms. The number of carbonyl (C=O) groups excluding carboxylic acids is 5. The Morgan fingerprint density at radius 3 is 1.79 bits per heavy atom. The number of hydrogen-bond acceptors (Lipinski definition) is 15. The summed E-state index contributed by atoms with van der Waals surface area (Å²) in [6, 6.07) is 21.6. The second-order valence-electron chi connectivity index (χ2n) is 16.8. The molecule has 66 heavy (non-hydrogen) atoms. The Kier molecular flexibility index (Phi) is 14.2. The zero-order valence-electron chi connectivity index (χ0n) is 37.2. The van der Waals surface area contributed by atoms with Crippen LogP contribution in [0.3, 0.4) is 0 Å². The van der Waals surface area contributed by atoms with Crippen LogP contribution in [0.2, 0.25) is 0 Å². The molecule has 8 rings (SSSR count). The van der Waals surface area contributed by atoms with Crippen LogP contribution in [-0.4, -0.2) is 110 Å². The van der Waals surface area contributed by atoms with Gasteiger partial charge in [0.2, 0.25) is 17.7 Å². The molecule has 2 aromatic carbocycles. The van der Waals surface area contributed by atoms with Gasteiger partial charge in [-0.25, -0.2) is 34.1 Å². The van der Waals surface area contributed by atoms with Crippen LogP contribution in [0, 0.1) is 0 Å². The largest absolute Gasteiger partial charge is 0.467 e. The number of nitrogens with zero attached hydrogens (tertiary/aromatic N) is 7. The summed E-state index contributed by atoms with van der Waals surface area (Å²) >= 11 is 0. The fourth-order valence-corrected chi connectivity index (χ4v) is 7.92. The van der Waals surface area contributed by atoms with E-state index in [0.29, 0.717) is 71.6 Å². The molecular formula is C46H53N11O9. The lowest BCUT2D eigenvalue weighted by Gasteiger charge is -2.24. The van der Waals surface area contributed by atoms with Crippen LogP contribution in [0.25, 0.3) is 44.8 Å². The SMILES string of the molecule is COC(=O)COCc1cc2c(N3CCC[C@H]3C(N)=O)nc(-c3ccccc3)nc2n1C(=O)OC(C)(C)C.NC(=O)COCc1cc2c(N3CCC[C@H]3C(N)=O)nc(-c3ccccc3)nc2[nH]1. The highest BCUT2D eigenvalue weighted by Gasteiger charge is 2.35. The molecular weight excluding hydrogens is 851 g/mol. The number of ether oxygens (including phenoxy) is 4. The molecule has 7 N–H and O–H groups in total. The average molecular weight is 904 g/mol. The summed E-state index contributed by atoms with van der Waals surface area (Å²) in [5, 5.41) is 1.31. The van der Waals surface area contributed by atoms with E-state index in [1.54, 1.807) is 26.8 Å². The minimum atomic E-state index is -0.776. The van der Waals surface area contributed by atoms with Crippen molar-refractivity contribution in [3.63, 3.8) is 0 Å². The molecule has 20 heteroatoms. The number of nitrogens with two attached hydrogens (primary N) is 3. The van der Waals surface area contributed by atoms with E-state index in [1.165, 1.54) is 11.7 Å². The van der Waals surface area contributed by atoms with Crippen molar-refractivity contribution in [2.24, 2.45) is 17.2 Å². The Hall–Kier alpha value is -7.45. The van der Waals surface area contributed by atoms with Crippen molar-refractivity contribution in [2.45, 2.75) is 77.4 Å². The normalized spacial score (nSPS) is 16.0. The Balaban J connectivity index is 0.000000202. The van der Waals surface area contributed by atoms with Crippen LogP contribution >= 0.6 is 0 Å². The Morgan fingerprint density at radius 2 is 1.26 bits per heavy atom. The van der Waals surface area contributed by atoms with E-state index in [0.717, 1.165) is 35.0 Å². The highest BCUT2D eigenvalue weighted by molar-refractivity contribution is 5.98. The quantitative estimate of drug-likeness (QED) is 0.112. The first kappa shape index (κ1) is 46.5. The first-order chi connectivity index (χ1) is 31.6. The summed E-state index contributed by atoms with van der Waals surface area (Å²) in [5.74, 6) is 0.185. The number of hydrogen-bond donors (Lipinski definition) is 4. The summed E-state index contributed by atoms with van der Waals surface area (Å²) in [6.45, 7) is 6.18. The van der Waals surface area contributed by atoms with Gasteiger partial charge in [-0.15, -0.1) is 0 Å². The highest BCUT2D eigenvalue weighted by atomic mass is 16.6. The summed E-state index contributed by atoms with van der Waals surface area (Å²) in [4.78, 5) is 86.1. The predicted molar refractivity (Wildman–Crippen MR) is 244 cm³/mol. The number of rotatable bonds is 14. The topological polar surface area (TPSA) is 279 Å². The number of aromatic nitrogens is 6. The molecule has 346 valence electrons. The van der Waals surface area contributed by atoms with Crippen molar-refractivity contribution >= 4 is 63.5 Å². The number of carbonyl (C=O) groups is 5. The maximum Gasteiger partial charge on any atom is 0.420 e. The predicted octanol–water partition coefficient (Wildman–Crippen LogP) is 4.11. The molecule has 0 unspecified atom stereocenters. The zero-order chi connectivity index (χ0) is 47.1. The Bertz CT molecular complexity index is 2730. The van der Waals surface area contributed by atoms with Crippen molar-refractivity contribution in [3.05, 3.63) is 84.2 Å². The minimum absolute atomic E-state index is 0.0932. The first-order valence-corrected chi connectivity index (χ1v) is 21.4. The van der Waals surface area contributed by atoms with Gasteiger partial charge in [0, 0.05) is 29.9 Å². The molecule has 4 aromatic heterocycles. The van der Waals surface area contributed by atoms with Gasteiger partial charge in [-0.3, -0.25) is 14.4 Å². The Labute approximate surface area is 379 Å². The van der Waals surface area contributed by atoms with Crippen LogP contribution in [0.1, 0.15) is 57.8 Å². The van der Waals surface area contributed by atoms with Crippen LogP contribution < -0.4 is 27.0 Å². The maximum atomic E-state index is 13.4. The summed E-state index contributed by atoms with van der Waals surface area (Å²) in [5.41, 5.74) is 19.3. The van der Waals surface area contributed by atoms with Gasteiger partial charge < -0.3 is 50.9 Å². The first-order valence-electron chi connectivity index (χ1n) is 21.4. The summed E-state index contributed by atoms with van der Waals surface area (Å²) < 4.78 is 22.5. The number of aromatic amines is 1. The molecule has 6 heterocycles. The number of amides is 3. The van der Waals surface area contributed by atoms with Crippen molar-refractivity contribution in [2.75, 3.05) is 43.2 Å². The minimum Gasteiger partial charge on any atom is -0.467 e. The lowest BCUT2D eigenvalue weighted by molar-refractivity contribution is -0.146. The molecule has 2 fully saturated rings. The Morgan fingerprint density at radius 1 is 0.712 bits per heavy atom. The van der Waals surface area contributed by atoms with Crippen LogP contribution in [-0.2, 0) is 51.3 Å². The van der Waals surface area contributed by atoms with Gasteiger partial charge >= 0.3 is 12.1 Å². The third kappa shape index (κ3) is 10.7. The van der Waals surface area contributed by atoms with E-state index < -0.39 is 41.6 Å². The molecule has 3 amide bonds. The van der Waals surface area contributed by atoms with Gasteiger partial charge in [0.1, 0.15) is 48.2 Å². The van der Waals surface area contributed by atoms with Crippen molar-refractivity contribution in [1.82, 2.24) is 29.5 Å². The monoisotopic (exact) mass is 903 g/mol. The number of anilines is 2. The van der Waals surface area contributed by atoms with Gasteiger partial charge in [0.25, 0.3) is 0 Å². The van der Waals surface area contributed by atoms with Crippen LogP contribution in [0.4, 0.5) is 16.4 Å². The number of benzene rings is 2. The summed E-state index contributed by atoms with van der Waals surface area (Å²) in [6.07, 6.45) is 2.26. The molecule has 2 aliphatic heterocycles. The molecule has 0 aliphatic carbocycles. The van der Waals surface area contributed by atoms with Gasteiger partial charge in [-0.05, 0) is 58.6 Å². The number of esters is 1.